The molecule has 0 aliphatic heterocycles. The topological polar surface area (TPSA) is 117 Å². The number of ether oxygens (including phenoxy) is 1. The minimum absolute atomic E-state index is 0.174. The predicted octanol–water partition coefficient (Wildman–Crippen LogP) is 2.42. The second-order valence-corrected chi connectivity index (χ2v) is 6.69. The van der Waals surface area contributed by atoms with Crippen LogP contribution in [0.25, 0.3) is 0 Å². The van der Waals surface area contributed by atoms with Crippen LogP contribution in [0.1, 0.15) is 19.4 Å². The highest BCUT2D eigenvalue weighted by molar-refractivity contribution is 5.95. The number of nitrogens with zero attached hydrogens (tertiary/aromatic N) is 5. The van der Waals surface area contributed by atoms with Crippen molar-refractivity contribution in [3.05, 3.63) is 64.7 Å². The lowest BCUT2D eigenvalue weighted by molar-refractivity contribution is -0.385. The summed E-state index contributed by atoms with van der Waals surface area (Å²) in [7, 11) is 1.61. The van der Waals surface area contributed by atoms with Gasteiger partial charge in [-0.15, -0.1) is 0 Å². The van der Waals surface area contributed by atoms with E-state index in [-0.39, 0.29) is 11.6 Å². The van der Waals surface area contributed by atoms with Crippen LogP contribution in [0.2, 0.25) is 0 Å². The highest BCUT2D eigenvalue weighted by Crippen LogP contribution is 2.21. The minimum Gasteiger partial charge on any atom is -0.497 e. The van der Waals surface area contributed by atoms with Crippen molar-refractivity contribution in [3.8, 4) is 5.75 Å². The molecule has 2 aromatic heterocycles. The molecule has 0 saturated carbocycles. The molecule has 0 aliphatic carbocycles. The number of rotatable bonds is 7. The number of nitrogens with one attached hydrogen (secondary N) is 1. The number of carbonyl (C=O) groups is 1. The standard InChI is InChI=1S/C18H20N6O4/c1-18(2,23-12-15(9-20-23)24(26)27)17(25)21-14-8-19-22(11-14)10-13-5-4-6-16(7-13)28-3/h4-9,11-12H,10H2,1-3H3,(H,21,25). The Morgan fingerprint density at radius 3 is 2.75 bits per heavy atom. The Morgan fingerprint density at radius 2 is 2.07 bits per heavy atom. The van der Waals surface area contributed by atoms with Gasteiger partial charge < -0.3 is 10.1 Å². The molecule has 0 fully saturated rings. The first-order valence-corrected chi connectivity index (χ1v) is 8.46. The maximum Gasteiger partial charge on any atom is 0.307 e. The van der Waals surface area contributed by atoms with Crippen molar-refractivity contribution in [3.63, 3.8) is 0 Å². The van der Waals surface area contributed by atoms with E-state index in [0.29, 0.717) is 12.2 Å². The van der Waals surface area contributed by atoms with Crippen LogP contribution in [0, 0.1) is 10.1 Å². The van der Waals surface area contributed by atoms with Crippen LogP contribution >= 0.6 is 0 Å². The Morgan fingerprint density at radius 1 is 1.29 bits per heavy atom. The minimum atomic E-state index is -1.12. The van der Waals surface area contributed by atoms with E-state index in [0.717, 1.165) is 17.5 Å². The second kappa shape index (κ2) is 7.51. The fourth-order valence-electron chi connectivity index (χ4n) is 2.57. The van der Waals surface area contributed by atoms with E-state index in [4.69, 9.17) is 4.74 Å². The molecule has 0 bridgehead atoms. The van der Waals surface area contributed by atoms with Gasteiger partial charge in [0.1, 0.15) is 23.7 Å². The van der Waals surface area contributed by atoms with Crippen LogP contribution in [-0.4, -0.2) is 37.5 Å². The fraction of sp³-hybridized carbons (Fsp3) is 0.278. The van der Waals surface area contributed by atoms with Gasteiger partial charge in [0.2, 0.25) is 0 Å². The number of carbonyl (C=O) groups excluding carboxylic acids is 1. The SMILES string of the molecule is COc1cccc(Cn2cc(NC(=O)C(C)(C)n3cc([N+](=O)[O-])cn3)cn2)c1. The molecular weight excluding hydrogens is 364 g/mol. The lowest BCUT2D eigenvalue weighted by Crippen LogP contribution is -2.40. The molecule has 3 aromatic rings. The first-order chi connectivity index (χ1) is 13.3. The third kappa shape index (κ3) is 4.00. The van der Waals surface area contributed by atoms with E-state index in [2.05, 4.69) is 15.5 Å². The number of benzene rings is 1. The molecule has 1 aromatic carbocycles. The average molecular weight is 384 g/mol. The van der Waals surface area contributed by atoms with Crippen molar-refractivity contribution < 1.29 is 14.5 Å². The molecular formula is C18H20N6O4. The molecule has 0 spiro atoms. The molecule has 28 heavy (non-hydrogen) atoms. The van der Waals surface area contributed by atoms with Gasteiger partial charge in [0, 0.05) is 6.20 Å². The van der Waals surface area contributed by atoms with Crippen molar-refractivity contribution >= 4 is 17.3 Å². The number of nitro groups is 1. The first kappa shape index (κ1) is 19.1. The van der Waals surface area contributed by atoms with Crippen LogP contribution in [0.4, 0.5) is 11.4 Å². The zero-order chi connectivity index (χ0) is 20.3. The van der Waals surface area contributed by atoms with Gasteiger partial charge in [-0.3, -0.25) is 24.3 Å². The maximum atomic E-state index is 12.7. The highest BCUT2D eigenvalue weighted by Gasteiger charge is 2.32. The van der Waals surface area contributed by atoms with Crippen molar-refractivity contribution in [1.29, 1.82) is 0 Å². The van der Waals surface area contributed by atoms with Crippen molar-refractivity contribution in [2.24, 2.45) is 0 Å². The van der Waals surface area contributed by atoms with Crippen molar-refractivity contribution in [1.82, 2.24) is 19.6 Å². The zero-order valence-corrected chi connectivity index (χ0v) is 15.7. The normalized spacial score (nSPS) is 11.2. The summed E-state index contributed by atoms with van der Waals surface area (Å²) in [5.74, 6) is 0.389. The first-order valence-electron chi connectivity index (χ1n) is 8.46. The maximum absolute atomic E-state index is 12.7. The van der Waals surface area contributed by atoms with E-state index in [1.807, 2.05) is 24.3 Å². The molecule has 0 atom stereocenters. The third-order valence-electron chi connectivity index (χ3n) is 4.28. The number of aromatic nitrogens is 4. The van der Waals surface area contributed by atoms with Gasteiger partial charge >= 0.3 is 5.69 Å². The summed E-state index contributed by atoms with van der Waals surface area (Å²) in [5.41, 5.74) is 0.225. The molecule has 1 amide bonds. The van der Waals surface area contributed by atoms with Gasteiger partial charge in [0.25, 0.3) is 5.91 Å². The fourth-order valence-corrected chi connectivity index (χ4v) is 2.57. The van der Waals surface area contributed by atoms with Crippen LogP contribution in [0.5, 0.6) is 5.75 Å². The molecule has 146 valence electrons. The number of amides is 1. The lowest BCUT2D eigenvalue weighted by atomic mass is 10.1. The largest absolute Gasteiger partial charge is 0.497 e. The smallest absolute Gasteiger partial charge is 0.307 e. The Bertz CT molecular complexity index is 1010. The number of methoxy groups -OCH3 is 1. The van der Waals surface area contributed by atoms with Crippen LogP contribution in [0.3, 0.4) is 0 Å². The van der Waals surface area contributed by atoms with E-state index in [9.17, 15) is 14.9 Å². The summed E-state index contributed by atoms with van der Waals surface area (Å²) in [5, 5.41) is 21.8. The van der Waals surface area contributed by atoms with Gasteiger partial charge in [0.15, 0.2) is 0 Å². The van der Waals surface area contributed by atoms with E-state index < -0.39 is 10.5 Å². The molecule has 0 aliphatic rings. The van der Waals surface area contributed by atoms with Gasteiger partial charge in [-0.2, -0.15) is 10.2 Å². The molecule has 10 nitrogen and oxygen atoms in total. The second-order valence-electron chi connectivity index (χ2n) is 6.69. The number of hydrogen-bond donors (Lipinski definition) is 1. The van der Waals surface area contributed by atoms with Crippen LogP contribution in [-0.2, 0) is 16.9 Å². The molecule has 0 unspecified atom stereocenters. The van der Waals surface area contributed by atoms with Crippen LogP contribution in [0.15, 0.2) is 49.1 Å². The lowest BCUT2D eigenvalue weighted by Gasteiger charge is -2.23. The van der Waals surface area contributed by atoms with Gasteiger partial charge in [0.05, 0.1) is 30.5 Å². The van der Waals surface area contributed by atoms with Gasteiger partial charge in [-0.05, 0) is 31.5 Å². The molecule has 3 rings (SSSR count). The molecule has 2 heterocycles. The Kier molecular flexibility index (Phi) is 5.12. The van der Waals surface area contributed by atoms with Gasteiger partial charge in [-0.1, -0.05) is 12.1 Å². The zero-order valence-electron chi connectivity index (χ0n) is 15.7. The summed E-state index contributed by atoms with van der Waals surface area (Å²) in [6.45, 7) is 3.77. The summed E-state index contributed by atoms with van der Waals surface area (Å²) in [6, 6.07) is 7.62. The quantitative estimate of drug-likeness (QED) is 0.494. The third-order valence-corrected chi connectivity index (χ3v) is 4.28. The summed E-state index contributed by atoms with van der Waals surface area (Å²) >= 11 is 0. The van der Waals surface area contributed by atoms with Crippen molar-refractivity contribution in [2.75, 3.05) is 12.4 Å². The van der Waals surface area contributed by atoms with Crippen LogP contribution < -0.4 is 10.1 Å². The molecule has 1 N–H and O–H groups in total. The highest BCUT2D eigenvalue weighted by atomic mass is 16.6. The predicted molar refractivity (Wildman–Crippen MR) is 101 cm³/mol. The Balaban J connectivity index is 1.69. The van der Waals surface area contributed by atoms with E-state index >= 15 is 0 Å². The van der Waals surface area contributed by atoms with E-state index in [1.165, 1.54) is 10.9 Å². The van der Waals surface area contributed by atoms with Crippen molar-refractivity contribution in [2.45, 2.75) is 25.9 Å². The monoisotopic (exact) mass is 384 g/mol. The van der Waals surface area contributed by atoms with E-state index in [1.54, 1.807) is 38.0 Å². The van der Waals surface area contributed by atoms with Gasteiger partial charge in [-0.25, -0.2) is 0 Å². The molecule has 0 radical (unpaired) electrons. The molecule has 0 saturated heterocycles. The molecule has 10 heteroatoms. The Hall–Kier alpha value is -3.69. The number of anilines is 1. The Labute approximate surface area is 160 Å². The number of hydrogen-bond acceptors (Lipinski definition) is 6. The summed E-state index contributed by atoms with van der Waals surface area (Å²) in [6.07, 6.45) is 5.59. The summed E-state index contributed by atoms with van der Waals surface area (Å²) in [4.78, 5) is 22.9. The summed E-state index contributed by atoms with van der Waals surface area (Å²) < 4.78 is 8.16. The average Bonchev–Trinajstić information content (AvgIpc) is 3.32.